The van der Waals surface area contributed by atoms with E-state index in [2.05, 4.69) is 15.4 Å². The van der Waals surface area contributed by atoms with Crippen LogP contribution in [0.1, 0.15) is 17.3 Å². The van der Waals surface area contributed by atoms with Gasteiger partial charge < -0.3 is 15.4 Å². The largest absolute Gasteiger partial charge is 0.411 e. The Balaban J connectivity index is 2.64. The van der Waals surface area contributed by atoms with Gasteiger partial charge in [0.05, 0.1) is 0 Å². The van der Waals surface area contributed by atoms with Crippen LogP contribution in [-0.2, 0) is 9.53 Å². The number of rotatable bonds is 5. The molecule has 0 heterocycles. The molecule has 0 saturated carbocycles. The Labute approximate surface area is 119 Å². The second kappa shape index (κ2) is 7.07. The first-order chi connectivity index (χ1) is 9.73. The van der Waals surface area contributed by atoms with Gasteiger partial charge in [0.15, 0.2) is 0 Å². The van der Waals surface area contributed by atoms with Gasteiger partial charge in [-0.05, 0) is 25.1 Å². The summed E-state index contributed by atoms with van der Waals surface area (Å²) in [6.07, 6.45) is -5.76. The zero-order valence-electron chi connectivity index (χ0n) is 11.5. The molecule has 0 radical (unpaired) electrons. The van der Waals surface area contributed by atoms with E-state index in [4.69, 9.17) is 0 Å². The van der Waals surface area contributed by atoms with Crippen molar-refractivity contribution in [2.75, 3.05) is 19.0 Å². The molecule has 2 amide bonds. The van der Waals surface area contributed by atoms with Gasteiger partial charge in [-0.1, -0.05) is 6.07 Å². The number of carbonyl (C=O) groups is 2. The zero-order chi connectivity index (χ0) is 16.0. The molecule has 116 valence electrons. The molecule has 0 spiro atoms. The van der Waals surface area contributed by atoms with Crippen LogP contribution >= 0.6 is 0 Å². The van der Waals surface area contributed by atoms with Crippen molar-refractivity contribution in [2.45, 2.75) is 19.2 Å². The quantitative estimate of drug-likeness (QED) is 0.874. The van der Waals surface area contributed by atoms with Crippen molar-refractivity contribution in [1.29, 1.82) is 0 Å². The van der Waals surface area contributed by atoms with E-state index in [0.29, 0.717) is 11.3 Å². The van der Waals surface area contributed by atoms with E-state index in [1.165, 1.54) is 32.2 Å². The molecule has 1 rings (SSSR count). The minimum Gasteiger partial charge on any atom is -0.359 e. The molecular weight excluding hydrogens is 289 g/mol. The van der Waals surface area contributed by atoms with Crippen molar-refractivity contribution >= 4 is 17.5 Å². The summed E-state index contributed by atoms with van der Waals surface area (Å²) in [5, 5.41) is 4.81. The van der Waals surface area contributed by atoms with Crippen molar-refractivity contribution in [3.05, 3.63) is 29.8 Å². The lowest BCUT2D eigenvalue weighted by Gasteiger charge is -2.15. The normalized spacial score (nSPS) is 12.6. The molecule has 1 aromatic rings. The summed E-state index contributed by atoms with van der Waals surface area (Å²) in [5.74, 6) is -1.07. The summed E-state index contributed by atoms with van der Waals surface area (Å²) in [5.41, 5.74) is 0.614. The summed E-state index contributed by atoms with van der Waals surface area (Å²) in [7, 11) is 1.46. The van der Waals surface area contributed by atoms with Crippen molar-refractivity contribution in [3.8, 4) is 0 Å². The number of benzene rings is 1. The topological polar surface area (TPSA) is 67.4 Å². The highest BCUT2D eigenvalue weighted by Crippen LogP contribution is 2.16. The van der Waals surface area contributed by atoms with Gasteiger partial charge in [-0.25, -0.2) is 0 Å². The summed E-state index contributed by atoms with van der Waals surface area (Å²) < 4.78 is 40.4. The molecule has 0 bridgehead atoms. The fraction of sp³-hybridized carbons (Fsp3) is 0.385. The van der Waals surface area contributed by atoms with Crippen molar-refractivity contribution in [2.24, 2.45) is 0 Å². The molecule has 0 saturated heterocycles. The molecule has 0 unspecified atom stereocenters. The number of nitrogens with one attached hydrogen (secondary N) is 2. The lowest BCUT2D eigenvalue weighted by Crippen LogP contribution is -2.31. The van der Waals surface area contributed by atoms with E-state index in [0.717, 1.165) is 0 Å². The van der Waals surface area contributed by atoms with Gasteiger partial charge in [-0.15, -0.1) is 0 Å². The maximum absolute atomic E-state index is 12.0. The molecule has 5 nitrogen and oxygen atoms in total. The number of ether oxygens (including phenoxy) is 1. The van der Waals surface area contributed by atoms with Crippen LogP contribution in [-0.4, -0.2) is 37.7 Å². The number of carbonyl (C=O) groups excluding carboxylic acids is 2. The van der Waals surface area contributed by atoms with Crippen molar-refractivity contribution in [3.63, 3.8) is 0 Å². The third-order valence-electron chi connectivity index (χ3n) is 2.49. The Hall–Kier alpha value is -2.09. The molecule has 0 fully saturated rings. The number of anilines is 1. The Morgan fingerprint density at radius 2 is 2.00 bits per heavy atom. The highest BCUT2D eigenvalue weighted by atomic mass is 19.4. The van der Waals surface area contributed by atoms with E-state index >= 15 is 0 Å². The van der Waals surface area contributed by atoms with E-state index in [9.17, 15) is 22.8 Å². The van der Waals surface area contributed by atoms with Gasteiger partial charge in [-0.3, -0.25) is 9.59 Å². The molecule has 0 aliphatic carbocycles. The summed E-state index contributed by atoms with van der Waals surface area (Å²) >= 11 is 0. The van der Waals surface area contributed by atoms with Gasteiger partial charge in [0.2, 0.25) is 0 Å². The zero-order valence-corrected chi connectivity index (χ0v) is 11.5. The fourth-order valence-electron chi connectivity index (χ4n) is 1.42. The van der Waals surface area contributed by atoms with Gasteiger partial charge in [0.1, 0.15) is 12.7 Å². The lowest BCUT2D eigenvalue weighted by atomic mass is 10.2. The SMILES string of the molecule is CNC(=O)c1cccc(NC(=O)[C@H](C)OCC(F)(F)F)c1. The average molecular weight is 304 g/mol. The van der Waals surface area contributed by atoms with Crippen LogP contribution in [0, 0.1) is 0 Å². The molecule has 1 atom stereocenters. The number of hydrogen-bond donors (Lipinski definition) is 2. The standard InChI is InChI=1S/C13H15F3N2O3/c1-8(21-7-13(14,15)16)11(19)18-10-5-3-4-9(6-10)12(20)17-2/h3-6,8H,7H2,1-2H3,(H,17,20)(H,18,19)/t8-/m0/s1. The molecule has 8 heteroatoms. The minimum atomic E-state index is -4.49. The third kappa shape index (κ3) is 5.82. The molecule has 0 aromatic heterocycles. The second-order valence-electron chi connectivity index (χ2n) is 4.22. The smallest absolute Gasteiger partial charge is 0.359 e. The lowest BCUT2D eigenvalue weighted by molar-refractivity contribution is -0.184. The predicted octanol–water partition coefficient (Wildman–Crippen LogP) is 1.95. The third-order valence-corrected chi connectivity index (χ3v) is 2.49. The van der Waals surface area contributed by atoms with E-state index in [1.807, 2.05) is 0 Å². The van der Waals surface area contributed by atoms with Crippen LogP contribution < -0.4 is 10.6 Å². The molecule has 0 aliphatic heterocycles. The first-order valence-corrected chi connectivity index (χ1v) is 6.04. The summed E-state index contributed by atoms with van der Waals surface area (Å²) in [4.78, 5) is 23.1. The number of amides is 2. The first-order valence-electron chi connectivity index (χ1n) is 6.04. The monoisotopic (exact) mass is 304 g/mol. The first kappa shape index (κ1) is 17.0. The van der Waals surface area contributed by atoms with Gasteiger partial charge in [0.25, 0.3) is 11.8 Å². The Bertz CT molecular complexity index is 518. The van der Waals surface area contributed by atoms with E-state index < -0.39 is 24.8 Å². The molecular formula is C13H15F3N2O3. The van der Waals surface area contributed by atoms with Crippen LogP contribution in [0.3, 0.4) is 0 Å². The number of halogens is 3. The minimum absolute atomic E-state index is 0.295. The molecule has 0 aliphatic rings. The molecule has 21 heavy (non-hydrogen) atoms. The number of alkyl halides is 3. The van der Waals surface area contributed by atoms with Crippen LogP contribution in [0.2, 0.25) is 0 Å². The van der Waals surface area contributed by atoms with Crippen molar-refractivity contribution in [1.82, 2.24) is 5.32 Å². The van der Waals surface area contributed by atoms with Crippen LogP contribution in [0.5, 0.6) is 0 Å². The summed E-state index contributed by atoms with van der Waals surface area (Å²) in [6.45, 7) is -0.288. The average Bonchev–Trinajstić information content (AvgIpc) is 2.43. The molecule has 2 N–H and O–H groups in total. The molecule has 1 aromatic carbocycles. The van der Waals surface area contributed by atoms with Crippen LogP contribution in [0.4, 0.5) is 18.9 Å². The second-order valence-corrected chi connectivity index (χ2v) is 4.22. The van der Waals surface area contributed by atoms with Crippen LogP contribution in [0.25, 0.3) is 0 Å². The Morgan fingerprint density at radius 1 is 1.33 bits per heavy atom. The van der Waals surface area contributed by atoms with E-state index in [-0.39, 0.29) is 5.91 Å². The number of hydrogen-bond acceptors (Lipinski definition) is 3. The maximum Gasteiger partial charge on any atom is 0.411 e. The van der Waals surface area contributed by atoms with Crippen LogP contribution in [0.15, 0.2) is 24.3 Å². The maximum atomic E-state index is 12.0. The predicted molar refractivity (Wildman–Crippen MR) is 69.9 cm³/mol. The Morgan fingerprint density at radius 3 is 2.57 bits per heavy atom. The Kier molecular flexibility index (Phi) is 5.71. The van der Waals surface area contributed by atoms with Gasteiger partial charge >= 0.3 is 6.18 Å². The fourth-order valence-corrected chi connectivity index (χ4v) is 1.42. The highest BCUT2D eigenvalue weighted by molar-refractivity contribution is 5.98. The van der Waals surface area contributed by atoms with Gasteiger partial charge in [-0.2, -0.15) is 13.2 Å². The summed E-state index contributed by atoms with van der Waals surface area (Å²) in [6, 6.07) is 6.01. The van der Waals surface area contributed by atoms with Crippen molar-refractivity contribution < 1.29 is 27.5 Å². The van der Waals surface area contributed by atoms with Gasteiger partial charge in [0, 0.05) is 18.3 Å². The highest BCUT2D eigenvalue weighted by Gasteiger charge is 2.29. The van der Waals surface area contributed by atoms with E-state index in [1.54, 1.807) is 6.07 Å².